The molecule has 132 valence electrons. The van der Waals surface area contributed by atoms with Crippen LogP contribution in [-0.2, 0) is 0 Å². The fourth-order valence-electron chi connectivity index (χ4n) is 4.38. The number of piperidine rings is 1. The van der Waals surface area contributed by atoms with Crippen LogP contribution in [0.15, 0.2) is 35.1 Å². The standard InChI is InChI=1S/C20H25N3O2/c1-2-9-22-11-14-7-8-16(22)13-23(12-14)20(25)17-10-15-5-3-4-6-18(15)21-19(17)24/h3-6,10,14,16H,2,7-9,11-13H2,1H3,(H,21,24)/t14-,16-/m1/s1. The highest BCUT2D eigenvalue weighted by Crippen LogP contribution is 2.28. The first-order valence-corrected chi connectivity index (χ1v) is 9.31. The maximum absolute atomic E-state index is 13.1. The van der Waals surface area contributed by atoms with Crippen LogP contribution in [-0.4, -0.2) is 52.9 Å². The van der Waals surface area contributed by atoms with Gasteiger partial charge in [0.15, 0.2) is 0 Å². The lowest BCUT2D eigenvalue weighted by molar-refractivity contribution is 0.0736. The molecule has 3 fully saturated rings. The number of nitrogens with zero attached hydrogens (tertiary/aromatic N) is 2. The molecule has 0 aliphatic carbocycles. The summed E-state index contributed by atoms with van der Waals surface area (Å²) >= 11 is 0. The minimum Gasteiger partial charge on any atom is -0.337 e. The van der Waals surface area contributed by atoms with Gasteiger partial charge in [0.25, 0.3) is 11.5 Å². The molecule has 0 saturated carbocycles. The first-order valence-electron chi connectivity index (χ1n) is 9.31. The van der Waals surface area contributed by atoms with Crippen LogP contribution >= 0.6 is 0 Å². The van der Waals surface area contributed by atoms with Crippen LogP contribution in [0.25, 0.3) is 10.9 Å². The van der Waals surface area contributed by atoms with Crippen LogP contribution < -0.4 is 5.56 Å². The van der Waals surface area contributed by atoms with Crippen molar-refractivity contribution in [2.45, 2.75) is 32.2 Å². The van der Waals surface area contributed by atoms with Crippen LogP contribution in [0.4, 0.5) is 0 Å². The summed E-state index contributed by atoms with van der Waals surface area (Å²) in [6.45, 7) is 5.88. The number of pyridine rings is 1. The van der Waals surface area contributed by atoms with Gasteiger partial charge in [-0.25, -0.2) is 0 Å². The van der Waals surface area contributed by atoms with Crippen LogP contribution in [0.3, 0.4) is 0 Å². The van der Waals surface area contributed by atoms with E-state index in [9.17, 15) is 9.59 Å². The number of rotatable bonds is 3. The number of aromatic amines is 1. The Labute approximate surface area is 147 Å². The predicted molar refractivity (Wildman–Crippen MR) is 98.8 cm³/mol. The highest BCUT2D eigenvalue weighted by molar-refractivity contribution is 5.97. The molecule has 1 amide bonds. The number of benzene rings is 1. The van der Waals surface area contributed by atoms with Crippen molar-refractivity contribution >= 4 is 16.8 Å². The second-order valence-corrected chi connectivity index (χ2v) is 7.40. The number of H-pyrrole nitrogens is 1. The van der Waals surface area contributed by atoms with Gasteiger partial charge >= 0.3 is 0 Å². The zero-order chi connectivity index (χ0) is 17.4. The van der Waals surface area contributed by atoms with E-state index in [2.05, 4.69) is 16.8 Å². The smallest absolute Gasteiger partial charge is 0.261 e. The number of hydrogen-bond acceptors (Lipinski definition) is 3. The molecule has 0 unspecified atom stereocenters. The summed E-state index contributed by atoms with van der Waals surface area (Å²) in [7, 11) is 0. The molecular formula is C20H25N3O2. The number of fused-ring (bicyclic) bond motifs is 5. The molecule has 1 aromatic heterocycles. The molecule has 1 N–H and O–H groups in total. The molecular weight excluding hydrogens is 314 g/mol. The second-order valence-electron chi connectivity index (χ2n) is 7.40. The van der Waals surface area contributed by atoms with Crippen molar-refractivity contribution in [3.63, 3.8) is 0 Å². The number of para-hydroxylation sites is 1. The summed E-state index contributed by atoms with van der Waals surface area (Å²) in [6.07, 6.45) is 3.48. The minimum atomic E-state index is -0.286. The molecule has 2 aromatic rings. The van der Waals surface area contributed by atoms with Crippen molar-refractivity contribution in [3.8, 4) is 0 Å². The van der Waals surface area contributed by atoms with E-state index in [1.807, 2.05) is 29.2 Å². The van der Waals surface area contributed by atoms with E-state index >= 15 is 0 Å². The average molecular weight is 339 g/mol. The van der Waals surface area contributed by atoms with E-state index in [4.69, 9.17) is 0 Å². The third-order valence-electron chi connectivity index (χ3n) is 5.61. The zero-order valence-corrected chi connectivity index (χ0v) is 14.7. The third kappa shape index (κ3) is 3.09. The summed E-state index contributed by atoms with van der Waals surface area (Å²) in [5.74, 6) is 0.399. The normalized spacial score (nSPS) is 23.8. The van der Waals surface area contributed by atoms with Crippen LogP contribution in [0.5, 0.6) is 0 Å². The van der Waals surface area contributed by atoms with E-state index in [1.165, 1.54) is 6.42 Å². The number of hydrogen-bond donors (Lipinski definition) is 1. The summed E-state index contributed by atoms with van der Waals surface area (Å²) < 4.78 is 0. The summed E-state index contributed by atoms with van der Waals surface area (Å²) in [4.78, 5) is 32.8. The molecule has 1 aromatic carbocycles. The minimum absolute atomic E-state index is 0.123. The van der Waals surface area contributed by atoms with Crippen molar-refractivity contribution < 1.29 is 4.79 Å². The Morgan fingerprint density at radius 2 is 2.04 bits per heavy atom. The largest absolute Gasteiger partial charge is 0.337 e. The fourth-order valence-corrected chi connectivity index (χ4v) is 4.38. The molecule has 3 aliphatic rings. The fraction of sp³-hybridized carbons (Fsp3) is 0.500. The Bertz CT molecular complexity index is 844. The van der Waals surface area contributed by atoms with Crippen molar-refractivity contribution in [3.05, 3.63) is 46.2 Å². The summed E-state index contributed by atoms with van der Waals surface area (Å²) in [5, 5.41) is 0.899. The first kappa shape index (κ1) is 16.3. The maximum Gasteiger partial charge on any atom is 0.261 e. The van der Waals surface area contributed by atoms with Crippen molar-refractivity contribution in [1.29, 1.82) is 0 Å². The SMILES string of the molecule is CCCN1C[C@H]2CC[C@@H]1CN(C(=O)c1cc3ccccc3[nH]c1=O)C2. The molecule has 2 bridgehead atoms. The average Bonchev–Trinajstić information content (AvgIpc) is 2.93. The van der Waals surface area contributed by atoms with Gasteiger partial charge in [-0.15, -0.1) is 0 Å². The zero-order valence-electron chi connectivity index (χ0n) is 14.7. The number of amides is 1. The monoisotopic (exact) mass is 339 g/mol. The van der Waals surface area contributed by atoms with Gasteiger partial charge < -0.3 is 9.88 Å². The lowest BCUT2D eigenvalue weighted by Crippen LogP contribution is -2.45. The lowest BCUT2D eigenvalue weighted by Gasteiger charge is -2.35. The van der Waals surface area contributed by atoms with Crippen molar-refractivity contribution in [1.82, 2.24) is 14.8 Å². The van der Waals surface area contributed by atoms with Crippen LogP contribution in [0, 0.1) is 5.92 Å². The van der Waals surface area contributed by atoms with Gasteiger partial charge in [0, 0.05) is 31.2 Å². The second kappa shape index (κ2) is 6.64. The molecule has 3 saturated heterocycles. The Kier molecular flexibility index (Phi) is 4.34. The number of carbonyl (C=O) groups excluding carboxylic acids is 1. The molecule has 5 nitrogen and oxygen atoms in total. The van der Waals surface area contributed by atoms with E-state index in [0.717, 1.165) is 49.9 Å². The Balaban J connectivity index is 1.63. The molecule has 3 aliphatic heterocycles. The van der Waals surface area contributed by atoms with Gasteiger partial charge in [-0.2, -0.15) is 0 Å². The first-order chi connectivity index (χ1) is 12.2. The van der Waals surface area contributed by atoms with Gasteiger partial charge in [-0.1, -0.05) is 25.1 Å². The summed E-state index contributed by atoms with van der Waals surface area (Å²) in [6, 6.07) is 9.77. The van der Waals surface area contributed by atoms with Crippen LogP contribution in [0.2, 0.25) is 0 Å². The molecule has 5 heteroatoms. The molecule has 4 heterocycles. The van der Waals surface area contributed by atoms with Crippen LogP contribution in [0.1, 0.15) is 36.5 Å². The lowest BCUT2D eigenvalue weighted by atomic mass is 9.95. The Morgan fingerprint density at radius 3 is 2.88 bits per heavy atom. The van der Waals surface area contributed by atoms with E-state index in [0.29, 0.717) is 12.0 Å². The Morgan fingerprint density at radius 1 is 1.20 bits per heavy atom. The van der Waals surface area contributed by atoms with Gasteiger partial charge in [-0.3, -0.25) is 14.5 Å². The van der Waals surface area contributed by atoms with Gasteiger partial charge in [0.05, 0.1) is 0 Å². The topological polar surface area (TPSA) is 56.4 Å². The highest BCUT2D eigenvalue weighted by Gasteiger charge is 2.36. The van der Waals surface area contributed by atoms with Gasteiger partial charge in [0.1, 0.15) is 5.56 Å². The molecule has 0 spiro atoms. The van der Waals surface area contributed by atoms with Crippen molar-refractivity contribution in [2.75, 3.05) is 26.2 Å². The van der Waals surface area contributed by atoms with Gasteiger partial charge in [0.2, 0.25) is 0 Å². The molecule has 2 atom stereocenters. The number of carbonyl (C=O) groups is 1. The number of nitrogens with one attached hydrogen (secondary N) is 1. The molecule has 5 rings (SSSR count). The number of aromatic nitrogens is 1. The van der Waals surface area contributed by atoms with E-state index in [-0.39, 0.29) is 17.0 Å². The third-order valence-corrected chi connectivity index (χ3v) is 5.61. The quantitative estimate of drug-likeness (QED) is 0.935. The molecule has 25 heavy (non-hydrogen) atoms. The highest BCUT2D eigenvalue weighted by atomic mass is 16.2. The van der Waals surface area contributed by atoms with Crippen molar-refractivity contribution in [2.24, 2.45) is 5.92 Å². The summed E-state index contributed by atoms with van der Waals surface area (Å²) in [5.41, 5.74) is 0.752. The van der Waals surface area contributed by atoms with Gasteiger partial charge in [-0.05, 0) is 49.2 Å². The maximum atomic E-state index is 13.1. The Hall–Kier alpha value is -2.14. The van der Waals surface area contributed by atoms with E-state index in [1.54, 1.807) is 6.07 Å². The molecule has 0 radical (unpaired) electrons. The predicted octanol–water partition coefficient (Wildman–Crippen LogP) is 2.47. The van der Waals surface area contributed by atoms with E-state index < -0.39 is 0 Å².